The van der Waals surface area contributed by atoms with Gasteiger partial charge in [-0.3, -0.25) is 0 Å². The van der Waals surface area contributed by atoms with Crippen molar-refractivity contribution in [1.29, 1.82) is 0 Å². The molecule has 1 fully saturated rings. The number of ether oxygens (including phenoxy) is 1. The van der Waals surface area contributed by atoms with Gasteiger partial charge in [-0.2, -0.15) is 0 Å². The third kappa shape index (κ3) is 1.81. The van der Waals surface area contributed by atoms with E-state index in [9.17, 15) is 0 Å². The zero-order valence-electron chi connectivity index (χ0n) is 8.40. The molecule has 0 spiro atoms. The Hall–Kier alpha value is -0.870. The molecule has 0 saturated heterocycles. The average molecular weight is 196 g/mol. The zero-order valence-corrected chi connectivity index (χ0v) is 8.40. The quantitative estimate of drug-likeness (QED) is 0.794. The number of oxazole rings is 1. The van der Waals surface area contributed by atoms with E-state index >= 15 is 0 Å². The molecule has 1 aromatic heterocycles. The van der Waals surface area contributed by atoms with Crippen LogP contribution in [0.3, 0.4) is 0 Å². The number of hydrogen-bond acceptors (Lipinski definition) is 4. The third-order valence-electron chi connectivity index (χ3n) is 2.74. The van der Waals surface area contributed by atoms with Crippen molar-refractivity contribution in [3.63, 3.8) is 0 Å². The van der Waals surface area contributed by atoms with Crippen LogP contribution in [0.1, 0.15) is 36.8 Å². The lowest BCUT2D eigenvalue weighted by Gasteiger charge is -2.10. The molecule has 2 atom stereocenters. The first kappa shape index (κ1) is 9.68. The Kier molecular flexibility index (Phi) is 2.84. The molecule has 1 aromatic rings. The SMILES string of the molecule is COCc1cnc(C2CCCC2N)o1. The molecule has 0 aromatic carbocycles. The molecule has 2 unspecified atom stereocenters. The van der Waals surface area contributed by atoms with Crippen molar-refractivity contribution in [3.8, 4) is 0 Å². The van der Waals surface area contributed by atoms with E-state index in [1.54, 1.807) is 13.3 Å². The summed E-state index contributed by atoms with van der Waals surface area (Å²) in [7, 11) is 1.64. The molecule has 1 aliphatic rings. The molecule has 0 bridgehead atoms. The van der Waals surface area contributed by atoms with Crippen LogP contribution in [0.5, 0.6) is 0 Å². The molecule has 2 rings (SSSR count). The number of nitrogens with two attached hydrogens (primary N) is 1. The van der Waals surface area contributed by atoms with Crippen molar-refractivity contribution in [1.82, 2.24) is 4.98 Å². The Balaban J connectivity index is 2.08. The summed E-state index contributed by atoms with van der Waals surface area (Å²) in [6.45, 7) is 0.481. The maximum atomic E-state index is 5.96. The molecule has 1 heterocycles. The van der Waals surface area contributed by atoms with Crippen LogP contribution in [0, 0.1) is 0 Å². The average Bonchev–Trinajstić information content (AvgIpc) is 2.74. The van der Waals surface area contributed by atoms with Crippen LogP contribution in [-0.4, -0.2) is 18.1 Å². The first-order valence-corrected chi connectivity index (χ1v) is 5.00. The molecule has 0 amide bonds. The van der Waals surface area contributed by atoms with Crippen LogP contribution >= 0.6 is 0 Å². The summed E-state index contributed by atoms with van der Waals surface area (Å²) in [6.07, 6.45) is 5.07. The lowest BCUT2D eigenvalue weighted by Crippen LogP contribution is -2.22. The van der Waals surface area contributed by atoms with Crippen LogP contribution in [0.4, 0.5) is 0 Å². The van der Waals surface area contributed by atoms with E-state index in [-0.39, 0.29) is 6.04 Å². The highest BCUT2D eigenvalue weighted by atomic mass is 16.5. The summed E-state index contributed by atoms with van der Waals surface area (Å²) in [5, 5.41) is 0. The fraction of sp³-hybridized carbons (Fsp3) is 0.700. The van der Waals surface area contributed by atoms with E-state index in [0.717, 1.165) is 24.5 Å². The van der Waals surface area contributed by atoms with Crippen molar-refractivity contribution >= 4 is 0 Å². The second-order valence-electron chi connectivity index (χ2n) is 3.80. The summed E-state index contributed by atoms with van der Waals surface area (Å²) in [6, 6.07) is 0.212. The van der Waals surface area contributed by atoms with Crippen molar-refractivity contribution in [2.75, 3.05) is 7.11 Å². The van der Waals surface area contributed by atoms with E-state index in [1.807, 2.05) is 0 Å². The van der Waals surface area contributed by atoms with Gasteiger partial charge in [-0.25, -0.2) is 4.98 Å². The van der Waals surface area contributed by atoms with Gasteiger partial charge in [0.2, 0.25) is 0 Å². The van der Waals surface area contributed by atoms with Crippen molar-refractivity contribution < 1.29 is 9.15 Å². The van der Waals surface area contributed by atoms with Crippen molar-refractivity contribution in [2.45, 2.75) is 37.8 Å². The smallest absolute Gasteiger partial charge is 0.199 e. The van der Waals surface area contributed by atoms with E-state index < -0.39 is 0 Å². The normalized spacial score (nSPS) is 27.0. The fourth-order valence-corrected chi connectivity index (χ4v) is 2.00. The minimum Gasteiger partial charge on any atom is -0.443 e. The molecule has 2 N–H and O–H groups in total. The fourth-order valence-electron chi connectivity index (χ4n) is 2.00. The lowest BCUT2D eigenvalue weighted by molar-refractivity contribution is 0.161. The minimum absolute atomic E-state index is 0.212. The number of aromatic nitrogens is 1. The van der Waals surface area contributed by atoms with Gasteiger partial charge in [-0.1, -0.05) is 6.42 Å². The highest BCUT2D eigenvalue weighted by molar-refractivity contribution is 5.04. The summed E-state index contributed by atoms with van der Waals surface area (Å²) in [5.41, 5.74) is 5.96. The molecular formula is C10H16N2O2. The van der Waals surface area contributed by atoms with Gasteiger partial charge in [0, 0.05) is 13.2 Å². The van der Waals surface area contributed by atoms with Gasteiger partial charge in [0.05, 0.1) is 12.1 Å². The summed E-state index contributed by atoms with van der Waals surface area (Å²) in [5.74, 6) is 1.87. The van der Waals surface area contributed by atoms with Gasteiger partial charge in [-0.05, 0) is 12.8 Å². The van der Waals surface area contributed by atoms with Gasteiger partial charge < -0.3 is 14.9 Å². The Bertz CT molecular complexity index is 298. The molecule has 1 saturated carbocycles. The minimum atomic E-state index is 0.212. The van der Waals surface area contributed by atoms with Crippen molar-refractivity contribution in [2.24, 2.45) is 5.73 Å². The largest absolute Gasteiger partial charge is 0.443 e. The molecular weight excluding hydrogens is 180 g/mol. The molecule has 78 valence electrons. The standard InChI is InChI=1S/C10H16N2O2/c1-13-6-7-5-12-10(14-7)8-3-2-4-9(8)11/h5,8-9H,2-4,6,11H2,1H3. The Morgan fingerprint density at radius 2 is 2.50 bits per heavy atom. The van der Waals surface area contributed by atoms with E-state index in [4.69, 9.17) is 14.9 Å². The summed E-state index contributed by atoms with van der Waals surface area (Å²) >= 11 is 0. The predicted molar refractivity (Wildman–Crippen MR) is 51.8 cm³/mol. The summed E-state index contributed by atoms with van der Waals surface area (Å²) < 4.78 is 10.5. The predicted octanol–water partition coefficient (Wildman–Crippen LogP) is 1.42. The Morgan fingerprint density at radius 1 is 1.64 bits per heavy atom. The second kappa shape index (κ2) is 4.11. The lowest BCUT2D eigenvalue weighted by atomic mass is 10.1. The highest BCUT2D eigenvalue weighted by Gasteiger charge is 2.29. The van der Waals surface area contributed by atoms with E-state index in [1.165, 1.54) is 6.42 Å². The van der Waals surface area contributed by atoms with Crippen molar-refractivity contribution in [3.05, 3.63) is 17.8 Å². The number of nitrogens with zero attached hydrogens (tertiary/aromatic N) is 1. The highest BCUT2D eigenvalue weighted by Crippen LogP contribution is 2.32. The number of hydrogen-bond donors (Lipinski definition) is 1. The van der Waals surface area contributed by atoms with E-state index in [2.05, 4.69) is 4.98 Å². The number of methoxy groups -OCH3 is 1. The monoisotopic (exact) mass is 196 g/mol. The van der Waals surface area contributed by atoms with Gasteiger partial charge in [0.15, 0.2) is 5.89 Å². The van der Waals surface area contributed by atoms with Crippen LogP contribution < -0.4 is 5.73 Å². The molecule has 14 heavy (non-hydrogen) atoms. The van der Waals surface area contributed by atoms with E-state index in [0.29, 0.717) is 12.5 Å². The molecule has 0 radical (unpaired) electrons. The third-order valence-corrected chi connectivity index (χ3v) is 2.74. The topological polar surface area (TPSA) is 61.3 Å². The maximum absolute atomic E-state index is 5.96. The molecule has 4 nitrogen and oxygen atoms in total. The first-order chi connectivity index (χ1) is 6.81. The Labute approximate surface area is 83.4 Å². The van der Waals surface area contributed by atoms with Gasteiger partial charge in [0.1, 0.15) is 12.4 Å². The van der Waals surface area contributed by atoms with Crippen LogP contribution in [0.15, 0.2) is 10.6 Å². The first-order valence-electron chi connectivity index (χ1n) is 5.00. The van der Waals surface area contributed by atoms with Crippen LogP contribution in [-0.2, 0) is 11.3 Å². The molecule has 0 aliphatic heterocycles. The van der Waals surface area contributed by atoms with Crippen LogP contribution in [0.25, 0.3) is 0 Å². The van der Waals surface area contributed by atoms with Crippen LogP contribution in [0.2, 0.25) is 0 Å². The van der Waals surface area contributed by atoms with Gasteiger partial charge >= 0.3 is 0 Å². The second-order valence-corrected chi connectivity index (χ2v) is 3.80. The summed E-state index contributed by atoms with van der Waals surface area (Å²) in [4.78, 5) is 4.24. The Morgan fingerprint density at radius 3 is 3.14 bits per heavy atom. The zero-order chi connectivity index (χ0) is 9.97. The van der Waals surface area contributed by atoms with Gasteiger partial charge in [0.25, 0.3) is 0 Å². The number of rotatable bonds is 3. The molecule has 1 aliphatic carbocycles. The maximum Gasteiger partial charge on any atom is 0.199 e. The molecule has 4 heteroatoms. The van der Waals surface area contributed by atoms with Gasteiger partial charge in [-0.15, -0.1) is 0 Å².